The van der Waals surface area contributed by atoms with Crippen molar-refractivity contribution in [2.24, 2.45) is 0 Å². The molecule has 4 rings (SSSR count). The molecule has 4 aromatic heterocycles. The van der Waals surface area contributed by atoms with E-state index in [-0.39, 0.29) is 11.7 Å². The third kappa shape index (κ3) is 3.15. The van der Waals surface area contributed by atoms with Crippen LogP contribution < -0.4 is 5.32 Å². The minimum Gasteiger partial charge on any atom is -0.344 e. The number of fused-ring (bicyclic) bond motifs is 1. The van der Waals surface area contributed by atoms with Gasteiger partial charge in [-0.3, -0.25) is 4.79 Å². The fraction of sp³-hybridized carbons (Fsp3) is 0.188. The molecule has 0 saturated carbocycles. The van der Waals surface area contributed by atoms with Gasteiger partial charge in [-0.1, -0.05) is 0 Å². The van der Waals surface area contributed by atoms with E-state index >= 15 is 0 Å². The lowest BCUT2D eigenvalue weighted by molar-refractivity contribution is 0.0941. The van der Waals surface area contributed by atoms with Crippen molar-refractivity contribution < 1.29 is 4.79 Å². The first kappa shape index (κ1) is 15.9. The zero-order chi connectivity index (χ0) is 17.4. The minimum absolute atomic E-state index is 0.119. The van der Waals surface area contributed by atoms with Gasteiger partial charge in [0, 0.05) is 22.1 Å². The van der Waals surface area contributed by atoms with Crippen molar-refractivity contribution in [2.75, 3.05) is 0 Å². The molecule has 0 fully saturated rings. The number of hydrogen-bond donors (Lipinski definition) is 1. The van der Waals surface area contributed by atoms with E-state index < -0.39 is 0 Å². The van der Waals surface area contributed by atoms with Crippen molar-refractivity contribution in [2.45, 2.75) is 20.4 Å². The summed E-state index contributed by atoms with van der Waals surface area (Å²) in [5.41, 5.74) is 1.85. The number of thiazole rings is 1. The smallest absolute Gasteiger partial charge is 0.291 e. The molecule has 1 N–H and O–H groups in total. The summed E-state index contributed by atoms with van der Waals surface area (Å²) >= 11 is 3.24. The molecule has 4 heterocycles. The zero-order valence-corrected chi connectivity index (χ0v) is 15.2. The summed E-state index contributed by atoms with van der Waals surface area (Å²) in [5.74, 6) is 0.223. The van der Waals surface area contributed by atoms with Gasteiger partial charge in [-0.05, 0) is 32.0 Å². The highest BCUT2D eigenvalue weighted by Gasteiger charge is 2.14. The number of nitrogens with zero attached hydrogens (tertiary/aromatic N) is 5. The Morgan fingerprint density at radius 2 is 2.12 bits per heavy atom. The average molecular weight is 370 g/mol. The molecule has 9 heteroatoms. The summed E-state index contributed by atoms with van der Waals surface area (Å²) < 4.78 is 1.56. The van der Waals surface area contributed by atoms with E-state index in [4.69, 9.17) is 0 Å². The van der Waals surface area contributed by atoms with E-state index in [9.17, 15) is 4.79 Å². The van der Waals surface area contributed by atoms with Gasteiger partial charge in [0.15, 0.2) is 0 Å². The summed E-state index contributed by atoms with van der Waals surface area (Å²) in [4.78, 5) is 27.2. The molecule has 7 nitrogen and oxygen atoms in total. The fourth-order valence-electron chi connectivity index (χ4n) is 2.34. The molecule has 0 radical (unpaired) electrons. The lowest BCUT2D eigenvalue weighted by atomic mass is 10.3. The molecule has 0 aliphatic carbocycles. The van der Waals surface area contributed by atoms with Crippen molar-refractivity contribution >= 4 is 34.4 Å². The van der Waals surface area contributed by atoms with Crippen LogP contribution >= 0.6 is 22.7 Å². The van der Waals surface area contributed by atoms with Crippen LogP contribution in [0.3, 0.4) is 0 Å². The first-order chi connectivity index (χ1) is 12.1. The molecule has 0 aliphatic rings. The molecule has 0 atom stereocenters. The Bertz CT molecular complexity index is 1060. The number of carbonyl (C=O) groups is 1. The Kier molecular flexibility index (Phi) is 4.02. The second-order valence-electron chi connectivity index (χ2n) is 5.43. The molecule has 1 amide bonds. The molecular formula is C16H14N6OS2. The number of hydrogen-bond acceptors (Lipinski definition) is 7. The Hall–Kier alpha value is -2.65. The van der Waals surface area contributed by atoms with Gasteiger partial charge < -0.3 is 5.32 Å². The van der Waals surface area contributed by atoms with Crippen LogP contribution in [0.15, 0.2) is 29.8 Å². The fourth-order valence-corrected chi connectivity index (χ4v) is 3.93. The van der Waals surface area contributed by atoms with E-state index in [1.54, 1.807) is 33.4 Å². The Labute approximate surface area is 151 Å². The third-order valence-corrected chi connectivity index (χ3v) is 5.47. The van der Waals surface area contributed by atoms with Crippen molar-refractivity contribution in [1.82, 2.24) is 29.9 Å². The van der Waals surface area contributed by atoms with Gasteiger partial charge in [-0.2, -0.15) is 4.98 Å². The standard InChI is InChI=1S/C16H14N6OS2/c1-9-5-6-17-16-20-14(21-22(9)16)15(23)18-7-11-3-4-13(25-11)12-8-24-10(2)19-12/h3-6,8H,7H2,1-2H3,(H,18,23). The highest BCUT2D eigenvalue weighted by Crippen LogP contribution is 2.28. The van der Waals surface area contributed by atoms with Crippen LogP contribution in [0.2, 0.25) is 0 Å². The van der Waals surface area contributed by atoms with Crippen LogP contribution in [0.1, 0.15) is 26.2 Å². The Morgan fingerprint density at radius 1 is 1.24 bits per heavy atom. The van der Waals surface area contributed by atoms with Crippen LogP contribution in [-0.4, -0.2) is 30.5 Å². The number of aromatic nitrogens is 5. The van der Waals surface area contributed by atoms with Crippen molar-refractivity contribution in [3.63, 3.8) is 0 Å². The predicted molar refractivity (Wildman–Crippen MR) is 96.9 cm³/mol. The quantitative estimate of drug-likeness (QED) is 0.597. The third-order valence-electron chi connectivity index (χ3n) is 3.59. The SMILES string of the molecule is Cc1nc(-c2ccc(CNC(=O)c3nc4nccc(C)n4n3)s2)cs1. The van der Waals surface area contributed by atoms with Gasteiger partial charge >= 0.3 is 0 Å². The van der Waals surface area contributed by atoms with Crippen LogP contribution in [0.4, 0.5) is 0 Å². The summed E-state index contributed by atoms with van der Waals surface area (Å²) in [6.45, 7) is 4.30. The highest BCUT2D eigenvalue weighted by atomic mass is 32.1. The maximum Gasteiger partial charge on any atom is 0.291 e. The maximum atomic E-state index is 12.3. The van der Waals surface area contributed by atoms with Crippen LogP contribution in [0, 0.1) is 13.8 Å². The molecule has 25 heavy (non-hydrogen) atoms. The van der Waals surface area contributed by atoms with Gasteiger partial charge in [-0.15, -0.1) is 27.8 Å². The zero-order valence-electron chi connectivity index (χ0n) is 13.6. The second kappa shape index (κ2) is 6.34. The molecule has 0 aliphatic heterocycles. The van der Waals surface area contributed by atoms with Gasteiger partial charge in [0.2, 0.25) is 5.82 Å². The molecule has 4 aromatic rings. The van der Waals surface area contributed by atoms with E-state index in [0.29, 0.717) is 12.3 Å². The van der Waals surface area contributed by atoms with Gasteiger partial charge in [-0.25, -0.2) is 14.5 Å². The lowest BCUT2D eigenvalue weighted by Crippen LogP contribution is -2.23. The normalized spacial score (nSPS) is 11.1. The van der Waals surface area contributed by atoms with Crippen molar-refractivity contribution in [3.05, 3.63) is 51.2 Å². The second-order valence-corrected chi connectivity index (χ2v) is 7.66. The number of thiophene rings is 1. The summed E-state index contributed by atoms with van der Waals surface area (Å²) in [5, 5.41) is 10.1. The molecule has 126 valence electrons. The molecule has 0 saturated heterocycles. The monoisotopic (exact) mass is 370 g/mol. The van der Waals surface area contributed by atoms with Crippen LogP contribution in [0.5, 0.6) is 0 Å². The molecule has 0 aromatic carbocycles. The maximum absolute atomic E-state index is 12.3. The van der Waals surface area contributed by atoms with Gasteiger partial charge in [0.05, 0.1) is 22.1 Å². The predicted octanol–water partition coefficient (Wildman–Crippen LogP) is 2.86. The van der Waals surface area contributed by atoms with Crippen LogP contribution in [0.25, 0.3) is 16.3 Å². The van der Waals surface area contributed by atoms with E-state index in [0.717, 1.165) is 26.1 Å². The molecule has 0 bridgehead atoms. The lowest BCUT2D eigenvalue weighted by Gasteiger charge is -1.99. The average Bonchev–Trinajstić information content (AvgIpc) is 3.31. The number of amides is 1. The molecule has 0 spiro atoms. The Morgan fingerprint density at radius 3 is 2.88 bits per heavy atom. The Balaban J connectivity index is 1.46. The summed E-state index contributed by atoms with van der Waals surface area (Å²) in [6, 6.07) is 5.84. The van der Waals surface area contributed by atoms with E-state index in [1.165, 1.54) is 0 Å². The van der Waals surface area contributed by atoms with E-state index in [2.05, 4.69) is 25.4 Å². The van der Waals surface area contributed by atoms with Crippen molar-refractivity contribution in [1.29, 1.82) is 0 Å². The highest BCUT2D eigenvalue weighted by molar-refractivity contribution is 7.16. The van der Waals surface area contributed by atoms with Crippen LogP contribution in [-0.2, 0) is 6.54 Å². The number of carbonyl (C=O) groups excluding carboxylic acids is 1. The first-order valence-electron chi connectivity index (χ1n) is 7.58. The number of aryl methyl sites for hydroxylation is 2. The summed E-state index contributed by atoms with van der Waals surface area (Å²) in [6.07, 6.45) is 1.65. The number of nitrogens with one attached hydrogen (secondary N) is 1. The van der Waals surface area contributed by atoms with Crippen molar-refractivity contribution in [3.8, 4) is 10.6 Å². The topological polar surface area (TPSA) is 85.1 Å². The first-order valence-corrected chi connectivity index (χ1v) is 9.27. The molecular weight excluding hydrogens is 356 g/mol. The van der Waals surface area contributed by atoms with E-state index in [1.807, 2.05) is 37.4 Å². The minimum atomic E-state index is -0.315. The molecule has 0 unspecified atom stereocenters. The summed E-state index contributed by atoms with van der Waals surface area (Å²) in [7, 11) is 0. The van der Waals surface area contributed by atoms with Gasteiger partial charge in [0.25, 0.3) is 11.7 Å². The largest absolute Gasteiger partial charge is 0.344 e. The number of rotatable bonds is 4. The van der Waals surface area contributed by atoms with Gasteiger partial charge in [0.1, 0.15) is 0 Å².